The van der Waals surface area contributed by atoms with Gasteiger partial charge in [0, 0.05) is 12.6 Å². The third-order valence-electron chi connectivity index (χ3n) is 4.49. The normalized spacial score (nSPS) is 30.3. The molecule has 0 aromatic carbocycles. The van der Waals surface area contributed by atoms with Gasteiger partial charge in [0.15, 0.2) is 0 Å². The first kappa shape index (κ1) is 16.0. The lowest BCUT2D eigenvalue weighted by Crippen LogP contribution is -2.27. The second kappa shape index (κ2) is 8.92. The van der Waals surface area contributed by atoms with Gasteiger partial charge < -0.3 is 10.1 Å². The molecule has 0 spiro atoms. The Bertz CT molecular complexity index is 207. The van der Waals surface area contributed by atoms with E-state index in [4.69, 9.17) is 4.74 Å². The van der Waals surface area contributed by atoms with Gasteiger partial charge in [0.1, 0.15) is 0 Å². The third-order valence-corrected chi connectivity index (χ3v) is 4.49. The number of hydrogen-bond donors (Lipinski definition) is 1. The molecular formula is C16H33NO. The summed E-state index contributed by atoms with van der Waals surface area (Å²) in [6.45, 7) is 11.2. The fourth-order valence-corrected chi connectivity index (χ4v) is 2.90. The van der Waals surface area contributed by atoms with Crippen molar-refractivity contribution in [1.29, 1.82) is 0 Å². The average Bonchev–Trinajstić information content (AvgIpc) is 2.33. The molecule has 1 aliphatic rings. The van der Waals surface area contributed by atoms with Crippen molar-refractivity contribution in [3.05, 3.63) is 0 Å². The van der Waals surface area contributed by atoms with Crippen LogP contribution in [0.15, 0.2) is 0 Å². The topological polar surface area (TPSA) is 21.3 Å². The van der Waals surface area contributed by atoms with Crippen molar-refractivity contribution in [1.82, 2.24) is 5.32 Å². The Morgan fingerprint density at radius 3 is 2.61 bits per heavy atom. The predicted molar refractivity (Wildman–Crippen MR) is 78.9 cm³/mol. The monoisotopic (exact) mass is 255 g/mol. The fraction of sp³-hybridized carbons (Fsp3) is 1.00. The number of rotatable bonds is 8. The van der Waals surface area contributed by atoms with Crippen molar-refractivity contribution >= 4 is 0 Å². The zero-order valence-corrected chi connectivity index (χ0v) is 12.9. The molecule has 1 fully saturated rings. The summed E-state index contributed by atoms with van der Waals surface area (Å²) in [5, 5.41) is 3.46. The molecule has 0 aromatic heterocycles. The molecule has 18 heavy (non-hydrogen) atoms. The highest BCUT2D eigenvalue weighted by Crippen LogP contribution is 2.30. The molecule has 2 nitrogen and oxygen atoms in total. The van der Waals surface area contributed by atoms with Crippen molar-refractivity contribution < 1.29 is 4.74 Å². The van der Waals surface area contributed by atoms with Crippen molar-refractivity contribution in [3.63, 3.8) is 0 Å². The molecule has 0 aromatic rings. The molecule has 1 rings (SSSR count). The molecule has 1 saturated carbocycles. The maximum absolute atomic E-state index is 6.02. The smallest absolute Gasteiger partial charge is 0.0577 e. The van der Waals surface area contributed by atoms with Crippen LogP contribution in [0, 0.1) is 11.8 Å². The van der Waals surface area contributed by atoms with Crippen molar-refractivity contribution in [2.24, 2.45) is 11.8 Å². The lowest BCUT2D eigenvalue weighted by Gasteiger charge is -2.32. The molecule has 2 heteroatoms. The van der Waals surface area contributed by atoms with Gasteiger partial charge in [-0.15, -0.1) is 0 Å². The van der Waals surface area contributed by atoms with E-state index >= 15 is 0 Å². The summed E-state index contributed by atoms with van der Waals surface area (Å²) >= 11 is 0. The molecule has 0 saturated heterocycles. The Morgan fingerprint density at radius 1 is 1.17 bits per heavy atom. The standard InChI is InChI=1S/C16H33NO/c1-5-17-15(4)8-6-7-11-18-16-10-9-13(2)14(3)12-16/h13-17H,5-12H2,1-4H3. The maximum atomic E-state index is 6.02. The average molecular weight is 255 g/mol. The highest BCUT2D eigenvalue weighted by Gasteiger charge is 2.24. The molecule has 4 atom stereocenters. The third kappa shape index (κ3) is 6.19. The Kier molecular flexibility index (Phi) is 7.92. The van der Waals surface area contributed by atoms with Crippen LogP contribution in [0.4, 0.5) is 0 Å². The van der Waals surface area contributed by atoms with E-state index in [-0.39, 0.29) is 0 Å². The number of unbranched alkanes of at least 4 members (excludes halogenated alkanes) is 1. The first-order chi connectivity index (χ1) is 8.63. The van der Waals surface area contributed by atoms with E-state index in [2.05, 4.69) is 33.0 Å². The molecule has 108 valence electrons. The number of hydrogen-bond acceptors (Lipinski definition) is 2. The summed E-state index contributed by atoms with van der Waals surface area (Å²) in [5.41, 5.74) is 0. The van der Waals surface area contributed by atoms with Gasteiger partial charge in [-0.05, 0) is 63.8 Å². The Balaban J connectivity index is 1.98. The molecular weight excluding hydrogens is 222 g/mol. The van der Waals surface area contributed by atoms with E-state index in [9.17, 15) is 0 Å². The zero-order chi connectivity index (χ0) is 13.4. The van der Waals surface area contributed by atoms with Gasteiger partial charge in [-0.3, -0.25) is 0 Å². The molecule has 4 unspecified atom stereocenters. The summed E-state index contributed by atoms with van der Waals surface area (Å²) in [5.74, 6) is 1.74. The van der Waals surface area contributed by atoms with Gasteiger partial charge in [0.05, 0.1) is 6.10 Å². The first-order valence-electron chi connectivity index (χ1n) is 7.98. The molecule has 0 radical (unpaired) electrons. The van der Waals surface area contributed by atoms with E-state index in [1.54, 1.807) is 0 Å². The zero-order valence-electron chi connectivity index (χ0n) is 12.9. The highest BCUT2D eigenvalue weighted by molar-refractivity contribution is 4.75. The Hall–Kier alpha value is -0.0800. The highest BCUT2D eigenvalue weighted by atomic mass is 16.5. The van der Waals surface area contributed by atoms with Crippen LogP contribution in [0.1, 0.15) is 66.2 Å². The summed E-state index contributed by atoms with van der Waals surface area (Å²) in [4.78, 5) is 0. The number of ether oxygens (including phenoxy) is 1. The van der Waals surface area contributed by atoms with E-state index in [1.165, 1.54) is 38.5 Å². The van der Waals surface area contributed by atoms with Gasteiger partial charge in [0.25, 0.3) is 0 Å². The van der Waals surface area contributed by atoms with Gasteiger partial charge in [-0.1, -0.05) is 20.8 Å². The van der Waals surface area contributed by atoms with Crippen LogP contribution in [-0.2, 0) is 4.74 Å². The van der Waals surface area contributed by atoms with E-state index in [1.807, 2.05) is 0 Å². The van der Waals surface area contributed by atoms with E-state index in [0.717, 1.165) is 25.0 Å². The second-order valence-corrected chi connectivity index (χ2v) is 6.21. The summed E-state index contributed by atoms with van der Waals surface area (Å²) in [6, 6.07) is 0.658. The van der Waals surface area contributed by atoms with Crippen molar-refractivity contribution in [2.45, 2.75) is 78.4 Å². The fourth-order valence-electron chi connectivity index (χ4n) is 2.90. The van der Waals surface area contributed by atoms with Crippen LogP contribution in [0.5, 0.6) is 0 Å². The lowest BCUT2D eigenvalue weighted by atomic mass is 9.80. The molecule has 0 amide bonds. The molecule has 1 N–H and O–H groups in total. The predicted octanol–water partition coefficient (Wildman–Crippen LogP) is 4.00. The minimum atomic E-state index is 0.544. The van der Waals surface area contributed by atoms with Crippen LogP contribution in [-0.4, -0.2) is 25.3 Å². The largest absolute Gasteiger partial charge is 0.378 e. The first-order valence-corrected chi connectivity index (χ1v) is 7.98. The molecule has 0 aliphatic heterocycles. The maximum Gasteiger partial charge on any atom is 0.0577 e. The number of nitrogens with one attached hydrogen (secondary N) is 1. The second-order valence-electron chi connectivity index (χ2n) is 6.21. The summed E-state index contributed by atoms with van der Waals surface area (Å²) in [7, 11) is 0. The van der Waals surface area contributed by atoms with Crippen LogP contribution in [0.25, 0.3) is 0 Å². The molecule has 1 aliphatic carbocycles. The van der Waals surface area contributed by atoms with E-state index in [0.29, 0.717) is 12.1 Å². The minimum absolute atomic E-state index is 0.544. The van der Waals surface area contributed by atoms with Gasteiger partial charge in [-0.25, -0.2) is 0 Å². The summed E-state index contributed by atoms with van der Waals surface area (Å²) in [6.07, 6.45) is 8.22. The Labute approximate surface area is 114 Å². The van der Waals surface area contributed by atoms with E-state index < -0.39 is 0 Å². The van der Waals surface area contributed by atoms with Crippen LogP contribution >= 0.6 is 0 Å². The lowest BCUT2D eigenvalue weighted by molar-refractivity contribution is 0.000902. The van der Waals surface area contributed by atoms with Gasteiger partial charge >= 0.3 is 0 Å². The quantitative estimate of drug-likeness (QED) is 0.662. The summed E-state index contributed by atoms with van der Waals surface area (Å²) < 4.78 is 6.02. The van der Waals surface area contributed by atoms with Crippen molar-refractivity contribution in [2.75, 3.05) is 13.2 Å². The van der Waals surface area contributed by atoms with Crippen molar-refractivity contribution in [3.8, 4) is 0 Å². The van der Waals surface area contributed by atoms with Gasteiger partial charge in [-0.2, -0.15) is 0 Å². The Morgan fingerprint density at radius 2 is 1.94 bits per heavy atom. The molecule has 0 bridgehead atoms. The van der Waals surface area contributed by atoms with Gasteiger partial charge in [0.2, 0.25) is 0 Å². The van der Waals surface area contributed by atoms with Crippen LogP contribution in [0.3, 0.4) is 0 Å². The minimum Gasteiger partial charge on any atom is -0.378 e. The van der Waals surface area contributed by atoms with Crippen LogP contribution in [0.2, 0.25) is 0 Å². The SMILES string of the molecule is CCNC(C)CCCCOC1CCC(C)C(C)C1. The molecule has 0 heterocycles. The van der Waals surface area contributed by atoms with Crippen LogP contribution < -0.4 is 5.32 Å².